The molecule has 5 nitrogen and oxygen atoms in total. The summed E-state index contributed by atoms with van der Waals surface area (Å²) >= 11 is 0. The van der Waals surface area contributed by atoms with Crippen LogP contribution in [0.4, 0.5) is 8.78 Å². The van der Waals surface area contributed by atoms with E-state index in [1.165, 1.54) is 18.2 Å². The molecule has 130 valence electrons. The maximum atomic E-state index is 13.0. The predicted molar refractivity (Wildman–Crippen MR) is 84.7 cm³/mol. The van der Waals surface area contributed by atoms with Crippen LogP contribution in [-0.4, -0.2) is 28.2 Å². The van der Waals surface area contributed by atoms with Crippen molar-refractivity contribution in [1.82, 2.24) is 4.72 Å². The van der Waals surface area contributed by atoms with Crippen LogP contribution in [0, 0.1) is 11.6 Å². The van der Waals surface area contributed by atoms with Gasteiger partial charge in [-0.25, -0.2) is 21.9 Å². The van der Waals surface area contributed by atoms with Gasteiger partial charge in [0.2, 0.25) is 10.0 Å². The van der Waals surface area contributed by atoms with Crippen molar-refractivity contribution in [3.05, 3.63) is 54.1 Å². The molecule has 0 saturated heterocycles. The van der Waals surface area contributed by atoms with E-state index in [1.54, 1.807) is 12.1 Å². The number of halogens is 2. The fraction of sp³-hybridized carbons (Fsp3) is 0.250. The summed E-state index contributed by atoms with van der Waals surface area (Å²) in [4.78, 5) is 0.0961. The molecule has 2 aromatic rings. The molecular weight excluding hydrogens is 340 g/mol. The van der Waals surface area contributed by atoms with E-state index >= 15 is 0 Å². The van der Waals surface area contributed by atoms with Gasteiger partial charge in [0.15, 0.2) is 11.6 Å². The lowest BCUT2D eigenvalue weighted by Crippen LogP contribution is -2.28. The molecule has 24 heavy (non-hydrogen) atoms. The van der Waals surface area contributed by atoms with Gasteiger partial charge in [0.25, 0.3) is 0 Å². The Bertz CT molecular complexity index is 779. The van der Waals surface area contributed by atoms with E-state index in [-0.39, 0.29) is 23.8 Å². The van der Waals surface area contributed by atoms with Crippen molar-refractivity contribution in [2.45, 2.75) is 11.8 Å². The summed E-state index contributed by atoms with van der Waals surface area (Å²) < 4.78 is 62.8. The Balaban J connectivity index is 1.87. The molecule has 0 unspecified atom stereocenters. The fourth-order valence-corrected chi connectivity index (χ4v) is 2.89. The van der Waals surface area contributed by atoms with Crippen molar-refractivity contribution in [3.8, 4) is 11.5 Å². The summed E-state index contributed by atoms with van der Waals surface area (Å²) in [6.45, 7) is 2.28. The first-order chi connectivity index (χ1) is 11.4. The third-order valence-corrected chi connectivity index (χ3v) is 4.48. The molecule has 1 N–H and O–H groups in total. The highest BCUT2D eigenvalue weighted by Gasteiger charge is 2.13. The van der Waals surface area contributed by atoms with Crippen LogP contribution in [0.15, 0.2) is 47.4 Å². The Morgan fingerprint density at radius 2 is 1.62 bits per heavy atom. The van der Waals surface area contributed by atoms with Crippen LogP contribution in [0.25, 0.3) is 0 Å². The number of hydrogen-bond donors (Lipinski definition) is 1. The minimum Gasteiger partial charge on any atom is -0.494 e. The number of rotatable bonds is 8. The van der Waals surface area contributed by atoms with Gasteiger partial charge < -0.3 is 9.47 Å². The Morgan fingerprint density at radius 1 is 0.958 bits per heavy atom. The maximum absolute atomic E-state index is 13.0. The van der Waals surface area contributed by atoms with Crippen molar-refractivity contribution in [2.75, 3.05) is 19.8 Å². The van der Waals surface area contributed by atoms with Gasteiger partial charge in [0.05, 0.1) is 11.5 Å². The average molecular weight is 357 g/mol. The minimum absolute atomic E-state index is 0.0193. The highest BCUT2D eigenvalue weighted by atomic mass is 32.2. The summed E-state index contributed by atoms with van der Waals surface area (Å²) in [5.74, 6) is -1.30. The average Bonchev–Trinajstić information content (AvgIpc) is 2.56. The maximum Gasteiger partial charge on any atom is 0.240 e. The molecule has 0 saturated carbocycles. The van der Waals surface area contributed by atoms with Gasteiger partial charge in [-0.2, -0.15) is 0 Å². The second-order valence-electron chi connectivity index (χ2n) is 4.73. The van der Waals surface area contributed by atoms with Crippen molar-refractivity contribution in [1.29, 1.82) is 0 Å². The normalized spacial score (nSPS) is 11.3. The molecule has 0 heterocycles. The lowest BCUT2D eigenvalue weighted by molar-refractivity contribution is 0.319. The van der Waals surface area contributed by atoms with E-state index in [4.69, 9.17) is 9.47 Å². The zero-order chi connectivity index (χ0) is 17.6. The van der Waals surface area contributed by atoms with Crippen molar-refractivity contribution >= 4 is 10.0 Å². The van der Waals surface area contributed by atoms with E-state index in [1.807, 2.05) is 6.92 Å². The highest BCUT2D eigenvalue weighted by molar-refractivity contribution is 7.89. The molecule has 0 aromatic heterocycles. The van der Waals surface area contributed by atoms with Crippen LogP contribution in [0.3, 0.4) is 0 Å². The Labute approximate surface area is 139 Å². The third-order valence-electron chi connectivity index (χ3n) is 3.00. The molecule has 2 rings (SSSR count). The number of ether oxygens (including phenoxy) is 2. The Morgan fingerprint density at radius 3 is 2.25 bits per heavy atom. The first-order valence-corrected chi connectivity index (χ1v) is 8.71. The quantitative estimate of drug-likeness (QED) is 0.738. The van der Waals surface area contributed by atoms with Crippen LogP contribution >= 0.6 is 0 Å². The summed E-state index contributed by atoms with van der Waals surface area (Å²) in [6, 6.07) is 9.10. The van der Waals surface area contributed by atoms with E-state index in [0.29, 0.717) is 12.4 Å². The minimum atomic E-state index is -3.68. The van der Waals surface area contributed by atoms with Gasteiger partial charge in [-0.05, 0) is 43.3 Å². The summed E-state index contributed by atoms with van der Waals surface area (Å²) in [6.07, 6.45) is 0. The summed E-state index contributed by atoms with van der Waals surface area (Å²) in [5.41, 5.74) is 0. The monoisotopic (exact) mass is 357 g/mol. The Kier molecular flexibility index (Phi) is 6.10. The largest absolute Gasteiger partial charge is 0.494 e. The number of benzene rings is 2. The molecule has 0 atom stereocenters. The molecule has 0 fully saturated rings. The number of sulfonamides is 1. The topological polar surface area (TPSA) is 64.6 Å². The summed E-state index contributed by atoms with van der Waals surface area (Å²) in [7, 11) is -3.68. The van der Waals surface area contributed by atoms with Crippen LogP contribution in [-0.2, 0) is 10.0 Å². The van der Waals surface area contributed by atoms with E-state index in [9.17, 15) is 17.2 Å². The molecule has 2 aromatic carbocycles. The molecule has 0 spiro atoms. The van der Waals surface area contributed by atoms with Crippen LogP contribution in [0.1, 0.15) is 6.92 Å². The van der Waals surface area contributed by atoms with E-state index in [0.717, 1.165) is 12.1 Å². The van der Waals surface area contributed by atoms with Gasteiger partial charge in [0, 0.05) is 12.6 Å². The zero-order valence-electron chi connectivity index (χ0n) is 13.0. The van der Waals surface area contributed by atoms with Crippen LogP contribution < -0.4 is 14.2 Å². The van der Waals surface area contributed by atoms with Gasteiger partial charge in [0.1, 0.15) is 18.1 Å². The third kappa shape index (κ3) is 4.90. The molecule has 0 aliphatic rings. The molecule has 0 aliphatic carbocycles. The fourth-order valence-electron chi connectivity index (χ4n) is 1.88. The van der Waals surface area contributed by atoms with Crippen molar-refractivity contribution in [2.24, 2.45) is 0 Å². The summed E-state index contributed by atoms with van der Waals surface area (Å²) in [5, 5.41) is 0. The van der Waals surface area contributed by atoms with Gasteiger partial charge >= 0.3 is 0 Å². The van der Waals surface area contributed by atoms with Gasteiger partial charge in [-0.3, -0.25) is 0 Å². The van der Waals surface area contributed by atoms with Gasteiger partial charge in [-0.1, -0.05) is 0 Å². The lowest BCUT2D eigenvalue weighted by atomic mass is 10.3. The number of hydrogen-bond acceptors (Lipinski definition) is 4. The molecule has 0 amide bonds. The predicted octanol–water partition coefficient (Wildman–Crippen LogP) is 2.72. The number of nitrogens with one attached hydrogen (secondary N) is 1. The first-order valence-electron chi connectivity index (χ1n) is 7.23. The van der Waals surface area contributed by atoms with Crippen LogP contribution in [0.5, 0.6) is 11.5 Å². The standard InChI is InChI=1S/C16H17F2NO4S/c1-2-22-12-3-6-14(7-4-12)24(20,21)19-9-10-23-13-5-8-15(17)16(18)11-13/h3-8,11,19H,2,9-10H2,1H3. The second-order valence-corrected chi connectivity index (χ2v) is 6.49. The van der Waals surface area contributed by atoms with Crippen LogP contribution in [0.2, 0.25) is 0 Å². The first kappa shape index (κ1) is 18.2. The molecule has 0 bridgehead atoms. The molecule has 8 heteroatoms. The van der Waals surface area contributed by atoms with Gasteiger partial charge in [-0.15, -0.1) is 0 Å². The highest BCUT2D eigenvalue weighted by Crippen LogP contribution is 2.16. The van der Waals surface area contributed by atoms with Crippen molar-refractivity contribution < 1.29 is 26.7 Å². The van der Waals surface area contributed by atoms with E-state index in [2.05, 4.69) is 4.72 Å². The Hall–Kier alpha value is -2.19. The molecular formula is C16H17F2NO4S. The second kappa shape index (κ2) is 8.07. The van der Waals surface area contributed by atoms with E-state index < -0.39 is 21.7 Å². The lowest BCUT2D eigenvalue weighted by Gasteiger charge is -2.09. The SMILES string of the molecule is CCOc1ccc(S(=O)(=O)NCCOc2ccc(F)c(F)c2)cc1. The molecule has 0 radical (unpaired) electrons. The molecule has 0 aliphatic heterocycles. The van der Waals surface area contributed by atoms with Crippen molar-refractivity contribution in [3.63, 3.8) is 0 Å². The smallest absolute Gasteiger partial charge is 0.240 e. The zero-order valence-corrected chi connectivity index (χ0v) is 13.8.